The van der Waals surface area contributed by atoms with Crippen LogP contribution in [0, 0.1) is 11.3 Å². The number of aromatic nitrogens is 1. The molecule has 5 heteroatoms. The highest BCUT2D eigenvalue weighted by Crippen LogP contribution is 2.08. The Balaban J connectivity index is 2.64. The topological polar surface area (TPSA) is 77.8 Å². The predicted octanol–water partition coefficient (Wildman–Crippen LogP) is 1.28. The molecular weight excluding hydrogens is 216 g/mol. The van der Waals surface area contributed by atoms with Gasteiger partial charge in [-0.25, -0.2) is 4.98 Å². The van der Waals surface area contributed by atoms with Crippen LogP contribution in [0.25, 0.3) is 0 Å². The molecule has 1 atom stereocenters. The number of pyridine rings is 1. The molecule has 0 aromatic carbocycles. The maximum atomic E-state index is 11.7. The van der Waals surface area contributed by atoms with Crippen LogP contribution >= 0.6 is 0 Å². The summed E-state index contributed by atoms with van der Waals surface area (Å²) in [5, 5.41) is 14.5. The van der Waals surface area contributed by atoms with Crippen molar-refractivity contribution in [2.75, 3.05) is 5.32 Å². The molecule has 0 aliphatic carbocycles. The highest BCUT2D eigenvalue weighted by Gasteiger charge is 2.13. The van der Waals surface area contributed by atoms with Crippen LogP contribution in [0.5, 0.6) is 0 Å². The van der Waals surface area contributed by atoms with Gasteiger partial charge in [-0.3, -0.25) is 4.79 Å². The number of rotatable bonds is 4. The lowest BCUT2D eigenvalue weighted by molar-refractivity contribution is -0.122. The van der Waals surface area contributed by atoms with Gasteiger partial charge in [0.1, 0.15) is 17.8 Å². The Morgan fingerprint density at radius 1 is 1.47 bits per heavy atom. The van der Waals surface area contributed by atoms with Crippen LogP contribution in [0.4, 0.5) is 5.69 Å². The molecule has 0 saturated heterocycles. The van der Waals surface area contributed by atoms with Gasteiger partial charge in [0.25, 0.3) is 0 Å². The molecule has 1 aromatic heterocycles. The van der Waals surface area contributed by atoms with Gasteiger partial charge < -0.3 is 10.6 Å². The van der Waals surface area contributed by atoms with E-state index in [2.05, 4.69) is 15.6 Å². The molecule has 0 aliphatic rings. The first kappa shape index (κ1) is 13.0. The Hall–Kier alpha value is -2.09. The van der Waals surface area contributed by atoms with Crippen molar-refractivity contribution < 1.29 is 4.79 Å². The van der Waals surface area contributed by atoms with Crippen LogP contribution in [0.15, 0.2) is 18.3 Å². The summed E-state index contributed by atoms with van der Waals surface area (Å²) in [6.07, 6.45) is 1.54. The number of nitriles is 1. The van der Waals surface area contributed by atoms with Crippen molar-refractivity contribution in [3.63, 3.8) is 0 Å². The van der Waals surface area contributed by atoms with Crippen LogP contribution in [-0.2, 0) is 4.79 Å². The molecule has 1 amide bonds. The summed E-state index contributed by atoms with van der Waals surface area (Å²) in [4.78, 5) is 15.5. The first-order valence-electron chi connectivity index (χ1n) is 5.46. The third-order valence-corrected chi connectivity index (χ3v) is 2.08. The van der Waals surface area contributed by atoms with Crippen LogP contribution in [0.2, 0.25) is 0 Å². The molecule has 17 heavy (non-hydrogen) atoms. The number of nitrogens with one attached hydrogen (secondary N) is 2. The van der Waals surface area contributed by atoms with Gasteiger partial charge in [0.2, 0.25) is 5.91 Å². The summed E-state index contributed by atoms with van der Waals surface area (Å²) >= 11 is 0. The lowest BCUT2D eigenvalue weighted by Gasteiger charge is -2.16. The smallest absolute Gasteiger partial charge is 0.242 e. The van der Waals surface area contributed by atoms with E-state index >= 15 is 0 Å². The second-order valence-electron chi connectivity index (χ2n) is 4.07. The van der Waals surface area contributed by atoms with E-state index < -0.39 is 0 Å². The molecule has 0 radical (unpaired) electrons. The van der Waals surface area contributed by atoms with E-state index in [1.165, 1.54) is 6.20 Å². The van der Waals surface area contributed by atoms with E-state index in [0.29, 0.717) is 11.4 Å². The number of hydrogen-bond donors (Lipinski definition) is 2. The maximum Gasteiger partial charge on any atom is 0.242 e. The van der Waals surface area contributed by atoms with E-state index in [4.69, 9.17) is 5.26 Å². The summed E-state index contributed by atoms with van der Waals surface area (Å²) in [6.45, 7) is 5.58. The number of anilines is 1. The van der Waals surface area contributed by atoms with E-state index in [-0.39, 0.29) is 18.0 Å². The zero-order valence-electron chi connectivity index (χ0n) is 10.2. The second kappa shape index (κ2) is 5.85. The van der Waals surface area contributed by atoms with Crippen molar-refractivity contribution >= 4 is 11.6 Å². The molecule has 5 nitrogen and oxygen atoms in total. The lowest BCUT2D eigenvalue weighted by Crippen LogP contribution is -2.40. The summed E-state index contributed by atoms with van der Waals surface area (Å²) in [7, 11) is 0. The number of nitrogens with zero attached hydrogens (tertiary/aromatic N) is 2. The molecule has 1 heterocycles. The van der Waals surface area contributed by atoms with Gasteiger partial charge in [-0.05, 0) is 32.9 Å². The van der Waals surface area contributed by atoms with Gasteiger partial charge in [0.15, 0.2) is 0 Å². The average molecular weight is 232 g/mol. The van der Waals surface area contributed by atoms with Gasteiger partial charge in [-0.15, -0.1) is 0 Å². The van der Waals surface area contributed by atoms with E-state index in [1.807, 2.05) is 19.9 Å². The quantitative estimate of drug-likeness (QED) is 0.819. The maximum absolute atomic E-state index is 11.7. The highest BCUT2D eigenvalue weighted by molar-refractivity contribution is 5.84. The fraction of sp³-hybridized carbons (Fsp3) is 0.417. The zero-order chi connectivity index (χ0) is 12.8. The summed E-state index contributed by atoms with van der Waals surface area (Å²) in [5.74, 6) is -0.0738. The molecular formula is C12H16N4O. The number of carbonyl (C=O) groups excluding carboxylic acids is 1. The normalized spacial score (nSPS) is 11.7. The summed E-state index contributed by atoms with van der Waals surface area (Å²) in [6, 6.07) is 5.04. The summed E-state index contributed by atoms with van der Waals surface area (Å²) in [5.41, 5.74) is 1.04. The molecule has 0 aliphatic heterocycles. The van der Waals surface area contributed by atoms with Gasteiger partial charge in [0, 0.05) is 17.9 Å². The lowest BCUT2D eigenvalue weighted by atomic mass is 10.2. The third kappa shape index (κ3) is 4.11. The van der Waals surface area contributed by atoms with Crippen molar-refractivity contribution in [1.29, 1.82) is 5.26 Å². The SMILES string of the molecule is CC(C)NC(=O)C(C)Nc1ccnc(C#N)c1. The minimum Gasteiger partial charge on any atom is -0.374 e. The molecule has 0 fully saturated rings. The van der Waals surface area contributed by atoms with Crippen molar-refractivity contribution in [3.05, 3.63) is 24.0 Å². The zero-order valence-corrected chi connectivity index (χ0v) is 10.2. The Morgan fingerprint density at radius 2 is 2.18 bits per heavy atom. The number of amides is 1. The van der Waals surface area contributed by atoms with Crippen molar-refractivity contribution in [3.8, 4) is 6.07 Å². The van der Waals surface area contributed by atoms with Gasteiger partial charge in [-0.1, -0.05) is 0 Å². The van der Waals surface area contributed by atoms with Gasteiger partial charge in [0.05, 0.1) is 0 Å². The van der Waals surface area contributed by atoms with Crippen molar-refractivity contribution in [1.82, 2.24) is 10.3 Å². The minimum atomic E-state index is -0.355. The molecule has 90 valence electrons. The highest BCUT2D eigenvalue weighted by atomic mass is 16.2. The largest absolute Gasteiger partial charge is 0.374 e. The van der Waals surface area contributed by atoms with E-state index in [9.17, 15) is 4.79 Å². The van der Waals surface area contributed by atoms with E-state index in [1.54, 1.807) is 19.1 Å². The van der Waals surface area contributed by atoms with Crippen LogP contribution < -0.4 is 10.6 Å². The summed E-state index contributed by atoms with van der Waals surface area (Å²) < 4.78 is 0. The monoisotopic (exact) mass is 232 g/mol. The predicted molar refractivity (Wildman–Crippen MR) is 65.3 cm³/mol. The van der Waals surface area contributed by atoms with Crippen LogP contribution in [-0.4, -0.2) is 23.0 Å². The Kier molecular flexibility index (Phi) is 4.46. The molecule has 0 saturated carbocycles. The van der Waals surface area contributed by atoms with Gasteiger partial charge in [-0.2, -0.15) is 5.26 Å². The molecule has 0 spiro atoms. The Labute approximate surface area is 101 Å². The van der Waals surface area contributed by atoms with E-state index in [0.717, 1.165) is 0 Å². The second-order valence-corrected chi connectivity index (χ2v) is 4.07. The molecule has 1 aromatic rings. The van der Waals surface area contributed by atoms with Crippen molar-refractivity contribution in [2.24, 2.45) is 0 Å². The third-order valence-electron chi connectivity index (χ3n) is 2.08. The fourth-order valence-electron chi connectivity index (χ4n) is 1.31. The molecule has 1 unspecified atom stereocenters. The Bertz CT molecular complexity index is 436. The standard InChI is InChI=1S/C12H16N4O/c1-8(2)15-12(17)9(3)16-10-4-5-14-11(6-10)7-13/h4-6,8-9H,1-3H3,(H,14,16)(H,15,17). The van der Waals surface area contributed by atoms with Crippen LogP contribution in [0.3, 0.4) is 0 Å². The first-order chi connectivity index (χ1) is 8.02. The number of carbonyl (C=O) groups is 1. The van der Waals surface area contributed by atoms with Crippen molar-refractivity contribution in [2.45, 2.75) is 32.9 Å². The average Bonchev–Trinajstić information content (AvgIpc) is 2.28. The minimum absolute atomic E-state index is 0.0738. The molecule has 0 bridgehead atoms. The molecule has 2 N–H and O–H groups in total. The fourth-order valence-corrected chi connectivity index (χ4v) is 1.31. The molecule has 1 rings (SSSR count). The van der Waals surface area contributed by atoms with Crippen LogP contribution in [0.1, 0.15) is 26.5 Å². The van der Waals surface area contributed by atoms with Gasteiger partial charge >= 0.3 is 0 Å². The Morgan fingerprint density at radius 3 is 2.76 bits per heavy atom. The first-order valence-corrected chi connectivity index (χ1v) is 5.46. The number of hydrogen-bond acceptors (Lipinski definition) is 4.